The minimum atomic E-state index is -0.158. The lowest BCUT2D eigenvalue weighted by molar-refractivity contribution is -0.148. The van der Waals surface area contributed by atoms with Crippen LogP contribution in [0, 0.1) is 28.6 Å². The van der Waals surface area contributed by atoms with Crippen molar-refractivity contribution in [2.24, 2.45) is 28.6 Å². The molecule has 148 valence electrons. The van der Waals surface area contributed by atoms with Gasteiger partial charge in [-0.3, -0.25) is 9.59 Å². The molecule has 4 aliphatic rings. The summed E-state index contributed by atoms with van der Waals surface area (Å²) in [7, 11) is 0. The Balaban J connectivity index is 1.56. The normalized spacial score (nSPS) is 42.8. The van der Waals surface area contributed by atoms with Crippen LogP contribution in [0.3, 0.4) is 0 Å². The number of allylic oxidation sites excluding steroid dienone is 3. The van der Waals surface area contributed by atoms with Crippen LogP contribution in [0.5, 0.6) is 0 Å². The van der Waals surface area contributed by atoms with E-state index in [1.54, 1.807) is 6.92 Å². The lowest BCUT2D eigenvalue weighted by atomic mass is 9.48. The number of amides is 1. The summed E-state index contributed by atoms with van der Waals surface area (Å²) in [5.74, 6) is 1.91. The molecule has 4 heteroatoms. The Hall–Kier alpha value is -1.58. The van der Waals surface area contributed by atoms with Gasteiger partial charge in [-0.15, -0.1) is 0 Å². The van der Waals surface area contributed by atoms with Gasteiger partial charge in [-0.2, -0.15) is 0 Å². The minimum Gasteiger partial charge on any atom is -0.462 e. The number of fused-ring (bicyclic) bond motifs is 5. The SMILES string of the molecule is CC(=O)NC1=CCC2C3CC=C4CC(OC(C)=O)CC[C@]4(C)C3CC[C@]12C. The van der Waals surface area contributed by atoms with Gasteiger partial charge < -0.3 is 10.1 Å². The van der Waals surface area contributed by atoms with E-state index in [4.69, 9.17) is 4.74 Å². The number of ether oxygens (including phenoxy) is 1. The Kier molecular flexibility index (Phi) is 4.51. The first-order chi connectivity index (χ1) is 12.7. The summed E-state index contributed by atoms with van der Waals surface area (Å²) in [6.45, 7) is 7.95. The van der Waals surface area contributed by atoms with E-state index >= 15 is 0 Å². The first-order valence-electron chi connectivity index (χ1n) is 10.6. The lowest BCUT2D eigenvalue weighted by Gasteiger charge is -2.57. The van der Waals surface area contributed by atoms with Crippen LogP contribution in [-0.2, 0) is 14.3 Å². The largest absolute Gasteiger partial charge is 0.462 e. The third-order valence-corrected chi connectivity index (χ3v) is 8.28. The Morgan fingerprint density at radius 1 is 1.04 bits per heavy atom. The van der Waals surface area contributed by atoms with Crippen molar-refractivity contribution in [1.29, 1.82) is 0 Å². The highest BCUT2D eigenvalue weighted by atomic mass is 16.5. The number of hydrogen-bond donors (Lipinski definition) is 1. The van der Waals surface area contributed by atoms with E-state index in [1.807, 2.05) is 0 Å². The molecule has 0 spiro atoms. The van der Waals surface area contributed by atoms with Gasteiger partial charge in [0.1, 0.15) is 6.10 Å². The Bertz CT molecular complexity index is 723. The fourth-order valence-corrected chi connectivity index (χ4v) is 6.91. The van der Waals surface area contributed by atoms with Gasteiger partial charge in [0, 0.05) is 31.4 Å². The average Bonchev–Trinajstić information content (AvgIpc) is 2.91. The predicted molar refractivity (Wildman–Crippen MR) is 105 cm³/mol. The molecule has 4 nitrogen and oxygen atoms in total. The van der Waals surface area contributed by atoms with E-state index in [0.29, 0.717) is 17.8 Å². The molecule has 4 rings (SSSR count). The molecule has 2 saturated carbocycles. The van der Waals surface area contributed by atoms with Crippen LogP contribution in [0.15, 0.2) is 23.4 Å². The van der Waals surface area contributed by atoms with Crippen LogP contribution in [-0.4, -0.2) is 18.0 Å². The molecule has 4 aliphatic carbocycles. The molecule has 2 fully saturated rings. The van der Waals surface area contributed by atoms with E-state index in [1.165, 1.54) is 18.9 Å². The van der Waals surface area contributed by atoms with Crippen molar-refractivity contribution >= 4 is 11.9 Å². The van der Waals surface area contributed by atoms with Crippen LogP contribution in [0.1, 0.15) is 72.6 Å². The van der Waals surface area contributed by atoms with E-state index in [2.05, 4.69) is 31.3 Å². The summed E-state index contributed by atoms with van der Waals surface area (Å²) in [4.78, 5) is 23.0. The molecule has 0 heterocycles. The molecular formula is C23H33NO3. The maximum atomic E-state index is 11.6. The maximum absolute atomic E-state index is 11.6. The maximum Gasteiger partial charge on any atom is 0.302 e. The first kappa shape index (κ1) is 18.8. The number of hydrogen-bond acceptors (Lipinski definition) is 3. The molecule has 0 radical (unpaired) electrons. The molecule has 4 unspecified atom stereocenters. The molecule has 1 N–H and O–H groups in total. The lowest BCUT2D eigenvalue weighted by Crippen LogP contribution is -2.51. The van der Waals surface area contributed by atoms with Gasteiger partial charge in [0.05, 0.1) is 0 Å². The molecule has 27 heavy (non-hydrogen) atoms. The van der Waals surface area contributed by atoms with Gasteiger partial charge >= 0.3 is 5.97 Å². The zero-order valence-electron chi connectivity index (χ0n) is 17.1. The molecule has 0 bridgehead atoms. The monoisotopic (exact) mass is 371 g/mol. The van der Waals surface area contributed by atoms with Gasteiger partial charge in [0.15, 0.2) is 0 Å². The van der Waals surface area contributed by atoms with Crippen molar-refractivity contribution in [3.05, 3.63) is 23.4 Å². The highest BCUT2D eigenvalue weighted by Gasteiger charge is 2.57. The second-order valence-corrected chi connectivity index (χ2v) is 9.72. The van der Waals surface area contributed by atoms with Gasteiger partial charge in [-0.25, -0.2) is 0 Å². The van der Waals surface area contributed by atoms with Crippen LogP contribution >= 0.6 is 0 Å². The molecule has 6 atom stereocenters. The fraction of sp³-hybridized carbons (Fsp3) is 0.739. The number of esters is 1. The molecule has 0 aromatic rings. The minimum absolute atomic E-state index is 0.0480. The van der Waals surface area contributed by atoms with E-state index in [9.17, 15) is 9.59 Å². The summed E-state index contributed by atoms with van der Waals surface area (Å²) >= 11 is 0. The number of carbonyl (C=O) groups is 2. The second-order valence-electron chi connectivity index (χ2n) is 9.72. The topological polar surface area (TPSA) is 55.4 Å². The summed E-state index contributed by atoms with van der Waals surface area (Å²) in [5.41, 5.74) is 3.05. The third-order valence-electron chi connectivity index (χ3n) is 8.28. The number of carbonyl (C=O) groups excluding carboxylic acids is 2. The Labute approximate surface area is 162 Å². The molecule has 0 aromatic heterocycles. The first-order valence-corrected chi connectivity index (χ1v) is 10.6. The van der Waals surface area contributed by atoms with Crippen LogP contribution in [0.25, 0.3) is 0 Å². The average molecular weight is 372 g/mol. The highest BCUT2D eigenvalue weighted by Crippen LogP contribution is 2.64. The number of nitrogens with one attached hydrogen (secondary N) is 1. The van der Waals surface area contributed by atoms with Crippen molar-refractivity contribution in [3.8, 4) is 0 Å². The van der Waals surface area contributed by atoms with Crippen molar-refractivity contribution in [2.75, 3.05) is 0 Å². The van der Waals surface area contributed by atoms with E-state index in [-0.39, 0.29) is 28.8 Å². The molecular weight excluding hydrogens is 338 g/mol. The van der Waals surface area contributed by atoms with Gasteiger partial charge in [0.2, 0.25) is 5.91 Å². The van der Waals surface area contributed by atoms with Gasteiger partial charge in [0.25, 0.3) is 0 Å². The summed E-state index contributed by atoms with van der Waals surface area (Å²) in [6.07, 6.45) is 12.4. The van der Waals surface area contributed by atoms with Crippen molar-refractivity contribution in [3.63, 3.8) is 0 Å². The van der Waals surface area contributed by atoms with Crippen LogP contribution in [0.4, 0.5) is 0 Å². The van der Waals surface area contributed by atoms with Gasteiger partial charge in [-0.1, -0.05) is 31.6 Å². The quantitative estimate of drug-likeness (QED) is 0.574. The van der Waals surface area contributed by atoms with Crippen LogP contribution in [0.2, 0.25) is 0 Å². The van der Waals surface area contributed by atoms with Gasteiger partial charge in [-0.05, 0) is 61.7 Å². The molecule has 1 amide bonds. The zero-order valence-corrected chi connectivity index (χ0v) is 17.1. The summed E-state index contributed by atoms with van der Waals surface area (Å²) in [6, 6.07) is 0. The Morgan fingerprint density at radius 2 is 1.78 bits per heavy atom. The highest BCUT2D eigenvalue weighted by molar-refractivity contribution is 5.75. The fourth-order valence-electron chi connectivity index (χ4n) is 6.91. The van der Waals surface area contributed by atoms with Crippen molar-refractivity contribution in [1.82, 2.24) is 5.32 Å². The second kappa shape index (κ2) is 6.49. The third kappa shape index (κ3) is 2.96. The van der Waals surface area contributed by atoms with Crippen molar-refractivity contribution < 1.29 is 14.3 Å². The summed E-state index contributed by atoms with van der Waals surface area (Å²) in [5, 5.41) is 3.13. The molecule has 0 saturated heterocycles. The molecule has 0 aliphatic heterocycles. The molecule has 0 aromatic carbocycles. The van der Waals surface area contributed by atoms with Crippen LogP contribution < -0.4 is 5.32 Å². The smallest absolute Gasteiger partial charge is 0.302 e. The van der Waals surface area contributed by atoms with E-state index in [0.717, 1.165) is 44.2 Å². The van der Waals surface area contributed by atoms with E-state index < -0.39 is 0 Å². The Morgan fingerprint density at radius 3 is 2.48 bits per heavy atom. The summed E-state index contributed by atoms with van der Waals surface area (Å²) < 4.78 is 5.53. The van der Waals surface area contributed by atoms with Crippen molar-refractivity contribution in [2.45, 2.75) is 78.7 Å². The standard InChI is InChI=1S/C23H33NO3/c1-14(25)24-21-8-7-19-18-6-5-16-13-17(27-15(2)26)9-11-22(16,3)20(18)10-12-23(19,21)4/h5,8,17-20H,6-7,9-13H2,1-4H3,(H,24,25)/t17?,18?,19?,20?,22-,23-/m0/s1. The number of rotatable bonds is 2. The predicted octanol–water partition coefficient (Wildman–Crippen LogP) is 4.51. The zero-order chi connectivity index (χ0) is 19.4.